The first kappa shape index (κ1) is 12.6. The van der Waals surface area contributed by atoms with E-state index in [0.29, 0.717) is 5.41 Å². The molecular formula is C14H21Cl. The molecule has 1 atom stereocenters. The van der Waals surface area contributed by atoms with Crippen molar-refractivity contribution < 1.29 is 0 Å². The fourth-order valence-electron chi connectivity index (χ4n) is 1.83. The van der Waals surface area contributed by atoms with Crippen molar-refractivity contribution in [2.75, 3.05) is 0 Å². The Morgan fingerprint density at radius 2 is 1.93 bits per heavy atom. The van der Waals surface area contributed by atoms with Gasteiger partial charge in [0.2, 0.25) is 0 Å². The monoisotopic (exact) mass is 224 g/mol. The molecular weight excluding hydrogens is 204 g/mol. The van der Waals surface area contributed by atoms with Crippen molar-refractivity contribution in [2.24, 2.45) is 5.41 Å². The highest BCUT2D eigenvalue weighted by molar-refractivity contribution is 6.20. The van der Waals surface area contributed by atoms with Gasteiger partial charge in [0, 0.05) is 5.38 Å². The molecule has 1 rings (SSSR count). The third-order valence-electron chi connectivity index (χ3n) is 2.37. The lowest BCUT2D eigenvalue weighted by atomic mass is 9.88. The number of hydrogen-bond donors (Lipinski definition) is 0. The average molecular weight is 225 g/mol. The molecule has 0 bridgehead atoms. The lowest BCUT2D eigenvalue weighted by Crippen LogP contribution is -2.15. The molecule has 0 aliphatic carbocycles. The van der Waals surface area contributed by atoms with Crippen LogP contribution in [0.25, 0.3) is 0 Å². The maximum atomic E-state index is 6.35. The normalized spacial score (nSPS) is 13.9. The van der Waals surface area contributed by atoms with Gasteiger partial charge in [0.05, 0.1) is 0 Å². The van der Waals surface area contributed by atoms with Crippen LogP contribution >= 0.6 is 11.6 Å². The molecule has 1 aromatic rings. The number of benzene rings is 1. The van der Waals surface area contributed by atoms with Gasteiger partial charge in [-0.15, -0.1) is 11.6 Å². The van der Waals surface area contributed by atoms with Crippen LogP contribution < -0.4 is 0 Å². The molecule has 0 radical (unpaired) electrons. The summed E-state index contributed by atoms with van der Waals surface area (Å²) in [5, 5.41) is 0.242. The van der Waals surface area contributed by atoms with Crippen molar-refractivity contribution in [3.8, 4) is 0 Å². The van der Waals surface area contributed by atoms with E-state index in [4.69, 9.17) is 11.6 Å². The number of alkyl halides is 1. The van der Waals surface area contributed by atoms with Crippen molar-refractivity contribution in [1.29, 1.82) is 0 Å². The smallest absolute Gasteiger partial charge is 0.0381 e. The summed E-state index contributed by atoms with van der Waals surface area (Å²) >= 11 is 6.35. The zero-order valence-electron chi connectivity index (χ0n) is 10.2. The topological polar surface area (TPSA) is 0 Å². The highest BCUT2D eigenvalue weighted by Crippen LogP contribution is 2.25. The molecule has 0 aliphatic rings. The molecule has 0 saturated carbocycles. The lowest BCUT2D eigenvalue weighted by Gasteiger charge is -2.21. The Bertz CT molecular complexity index is 309. The van der Waals surface area contributed by atoms with Crippen LogP contribution in [-0.2, 0) is 6.42 Å². The molecule has 0 aromatic heterocycles. The predicted octanol–water partition coefficient (Wildman–Crippen LogP) is 4.58. The lowest BCUT2D eigenvalue weighted by molar-refractivity contribution is 0.369. The van der Waals surface area contributed by atoms with E-state index in [1.54, 1.807) is 0 Å². The summed E-state index contributed by atoms with van der Waals surface area (Å²) in [6.07, 6.45) is 2.03. The molecule has 1 aromatic carbocycles. The SMILES string of the molecule is Cc1cccc(CC(Cl)CC(C)(C)C)c1. The maximum absolute atomic E-state index is 6.35. The third-order valence-corrected chi connectivity index (χ3v) is 2.68. The second-order valence-corrected chi connectivity index (χ2v) is 6.17. The van der Waals surface area contributed by atoms with Crippen LogP contribution in [-0.4, -0.2) is 5.38 Å². The molecule has 0 aliphatic heterocycles. The Labute approximate surface area is 98.7 Å². The fraction of sp³-hybridized carbons (Fsp3) is 0.571. The van der Waals surface area contributed by atoms with E-state index in [-0.39, 0.29) is 5.38 Å². The van der Waals surface area contributed by atoms with Gasteiger partial charge in [-0.3, -0.25) is 0 Å². The number of halogens is 1. The summed E-state index contributed by atoms with van der Waals surface area (Å²) in [5.74, 6) is 0. The number of rotatable bonds is 3. The molecule has 0 saturated heterocycles. The van der Waals surface area contributed by atoms with Gasteiger partial charge in [0.25, 0.3) is 0 Å². The Balaban J connectivity index is 2.55. The summed E-state index contributed by atoms with van der Waals surface area (Å²) in [5.41, 5.74) is 2.97. The standard InChI is InChI=1S/C14H21Cl/c1-11-6-5-7-12(8-11)9-13(15)10-14(2,3)4/h5-8,13H,9-10H2,1-4H3. The fourth-order valence-corrected chi connectivity index (χ4v) is 2.47. The van der Waals surface area contributed by atoms with Gasteiger partial charge in [0.15, 0.2) is 0 Å². The molecule has 15 heavy (non-hydrogen) atoms. The van der Waals surface area contributed by atoms with E-state index in [2.05, 4.69) is 52.0 Å². The Kier molecular flexibility index (Phi) is 4.21. The highest BCUT2D eigenvalue weighted by Gasteiger charge is 2.16. The van der Waals surface area contributed by atoms with Gasteiger partial charge >= 0.3 is 0 Å². The second kappa shape index (κ2) is 5.03. The van der Waals surface area contributed by atoms with Gasteiger partial charge in [0.1, 0.15) is 0 Å². The Hall–Kier alpha value is -0.490. The van der Waals surface area contributed by atoms with Gasteiger partial charge in [-0.25, -0.2) is 0 Å². The Morgan fingerprint density at radius 1 is 1.27 bits per heavy atom. The molecule has 1 heteroatoms. The van der Waals surface area contributed by atoms with Crippen molar-refractivity contribution in [3.05, 3.63) is 35.4 Å². The van der Waals surface area contributed by atoms with Crippen molar-refractivity contribution in [3.63, 3.8) is 0 Å². The number of hydrogen-bond acceptors (Lipinski definition) is 0. The second-order valence-electron chi connectivity index (χ2n) is 5.56. The first-order valence-corrected chi connectivity index (χ1v) is 6.00. The van der Waals surface area contributed by atoms with Crippen LogP contribution in [0, 0.1) is 12.3 Å². The molecule has 0 fully saturated rings. The molecule has 0 amide bonds. The van der Waals surface area contributed by atoms with Gasteiger partial charge in [-0.05, 0) is 30.7 Å². The van der Waals surface area contributed by atoms with Crippen LogP contribution in [0.1, 0.15) is 38.3 Å². The molecule has 1 unspecified atom stereocenters. The van der Waals surface area contributed by atoms with E-state index < -0.39 is 0 Å². The van der Waals surface area contributed by atoms with Crippen molar-refractivity contribution in [1.82, 2.24) is 0 Å². The molecule has 0 heterocycles. The first-order chi connectivity index (χ1) is 6.87. The summed E-state index contributed by atoms with van der Waals surface area (Å²) < 4.78 is 0. The third kappa shape index (κ3) is 5.22. The zero-order chi connectivity index (χ0) is 11.5. The van der Waals surface area contributed by atoms with E-state index in [1.807, 2.05) is 0 Å². The van der Waals surface area contributed by atoms with Gasteiger partial charge < -0.3 is 0 Å². The highest BCUT2D eigenvalue weighted by atomic mass is 35.5. The molecule has 0 N–H and O–H groups in total. The molecule has 84 valence electrons. The Morgan fingerprint density at radius 3 is 2.47 bits per heavy atom. The van der Waals surface area contributed by atoms with Crippen LogP contribution in [0.5, 0.6) is 0 Å². The minimum absolute atomic E-state index is 0.242. The summed E-state index contributed by atoms with van der Waals surface area (Å²) in [4.78, 5) is 0. The van der Waals surface area contributed by atoms with Crippen LogP contribution in [0.4, 0.5) is 0 Å². The minimum Gasteiger partial charge on any atom is -0.123 e. The van der Waals surface area contributed by atoms with Crippen LogP contribution in [0.15, 0.2) is 24.3 Å². The summed E-state index contributed by atoms with van der Waals surface area (Å²) in [6.45, 7) is 8.83. The molecule has 0 spiro atoms. The van der Waals surface area contributed by atoms with E-state index >= 15 is 0 Å². The van der Waals surface area contributed by atoms with Crippen LogP contribution in [0.3, 0.4) is 0 Å². The minimum atomic E-state index is 0.242. The largest absolute Gasteiger partial charge is 0.123 e. The molecule has 0 nitrogen and oxygen atoms in total. The van der Waals surface area contributed by atoms with Gasteiger partial charge in [-0.1, -0.05) is 50.6 Å². The van der Waals surface area contributed by atoms with Crippen molar-refractivity contribution in [2.45, 2.75) is 45.9 Å². The summed E-state index contributed by atoms with van der Waals surface area (Å²) in [7, 11) is 0. The first-order valence-electron chi connectivity index (χ1n) is 5.56. The maximum Gasteiger partial charge on any atom is 0.0381 e. The predicted molar refractivity (Wildman–Crippen MR) is 68.6 cm³/mol. The van der Waals surface area contributed by atoms with Crippen molar-refractivity contribution >= 4 is 11.6 Å². The van der Waals surface area contributed by atoms with Crippen LogP contribution in [0.2, 0.25) is 0 Å². The average Bonchev–Trinajstić information content (AvgIpc) is 1.99. The quantitative estimate of drug-likeness (QED) is 0.660. The number of aryl methyl sites for hydroxylation is 1. The van der Waals surface area contributed by atoms with E-state index in [9.17, 15) is 0 Å². The summed E-state index contributed by atoms with van der Waals surface area (Å²) in [6, 6.07) is 8.60. The van der Waals surface area contributed by atoms with E-state index in [1.165, 1.54) is 11.1 Å². The van der Waals surface area contributed by atoms with E-state index in [0.717, 1.165) is 12.8 Å². The van der Waals surface area contributed by atoms with Gasteiger partial charge in [-0.2, -0.15) is 0 Å². The zero-order valence-corrected chi connectivity index (χ0v) is 10.9.